The van der Waals surface area contributed by atoms with Crippen molar-refractivity contribution in [1.29, 1.82) is 0 Å². The van der Waals surface area contributed by atoms with Crippen LogP contribution in [0.3, 0.4) is 0 Å². The molecule has 1 heterocycles. The van der Waals surface area contributed by atoms with Crippen LogP contribution in [0.1, 0.15) is 18.4 Å². The van der Waals surface area contributed by atoms with E-state index >= 15 is 0 Å². The van der Waals surface area contributed by atoms with Gasteiger partial charge in [-0.3, -0.25) is 10.2 Å². The first-order chi connectivity index (χ1) is 13.0. The average Bonchev–Trinajstić information content (AvgIpc) is 2.64. The maximum absolute atomic E-state index is 10.9. The number of aliphatic hydroxyl groups excluding tert-OH is 1. The summed E-state index contributed by atoms with van der Waals surface area (Å²) in [5.74, 6) is 0.221. The number of nitrogens with two attached hydrogens (primary N) is 3. The summed E-state index contributed by atoms with van der Waals surface area (Å²) in [4.78, 5) is 18.8. The van der Waals surface area contributed by atoms with Crippen molar-refractivity contribution in [2.45, 2.75) is 25.7 Å². The van der Waals surface area contributed by atoms with Gasteiger partial charge in [-0.1, -0.05) is 12.1 Å². The fourth-order valence-corrected chi connectivity index (χ4v) is 2.81. The van der Waals surface area contributed by atoms with E-state index in [9.17, 15) is 9.90 Å². The highest BCUT2D eigenvalue weighted by atomic mass is 16.3. The van der Waals surface area contributed by atoms with Gasteiger partial charge in [-0.2, -0.15) is 0 Å². The van der Waals surface area contributed by atoms with Gasteiger partial charge >= 0.3 is 6.03 Å². The lowest BCUT2D eigenvalue weighted by molar-refractivity contribution is 0.188. The standard InChI is InChI=1S/C18H29N7O2/c19-8-1-10-24(11-2-9-20)13-14-3-5-15(6-4-14)25-12-7-16(22-17(21)26)23-18(25)27/h3-7,12,18,27H,1-2,8-11,13,19-20H2,(H3,21,22,23,26). The molecule has 148 valence electrons. The molecule has 0 saturated carbocycles. The van der Waals surface area contributed by atoms with E-state index in [0.29, 0.717) is 13.1 Å². The molecule has 1 unspecified atom stereocenters. The van der Waals surface area contributed by atoms with Gasteiger partial charge in [0.05, 0.1) is 0 Å². The second-order valence-electron chi connectivity index (χ2n) is 6.30. The van der Waals surface area contributed by atoms with E-state index in [1.54, 1.807) is 17.2 Å². The third-order valence-corrected chi connectivity index (χ3v) is 4.15. The fourth-order valence-electron chi connectivity index (χ4n) is 2.81. The maximum Gasteiger partial charge on any atom is 0.317 e. The van der Waals surface area contributed by atoms with Crippen LogP contribution < -0.4 is 27.4 Å². The number of aliphatic hydroxyl groups is 1. The molecule has 0 saturated heterocycles. The molecule has 1 aromatic carbocycles. The van der Waals surface area contributed by atoms with Crippen LogP contribution >= 0.6 is 0 Å². The van der Waals surface area contributed by atoms with Crippen molar-refractivity contribution in [3.63, 3.8) is 0 Å². The molecule has 0 radical (unpaired) electrons. The van der Waals surface area contributed by atoms with E-state index in [1.807, 2.05) is 24.3 Å². The largest absolute Gasteiger partial charge is 0.355 e. The minimum absolute atomic E-state index is 0.221. The Hall–Kier alpha value is -2.46. The second-order valence-corrected chi connectivity index (χ2v) is 6.30. The van der Waals surface area contributed by atoms with Crippen molar-refractivity contribution in [3.05, 3.63) is 42.1 Å². The molecule has 0 fully saturated rings. The quantitative estimate of drug-likeness (QED) is 0.406. The van der Waals surface area contributed by atoms with Gasteiger partial charge in [0.25, 0.3) is 0 Å². The van der Waals surface area contributed by atoms with Crippen LogP contribution in [0, 0.1) is 0 Å². The van der Waals surface area contributed by atoms with E-state index in [2.05, 4.69) is 15.2 Å². The highest BCUT2D eigenvalue weighted by Crippen LogP contribution is 2.21. The first-order valence-corrected chi connectivity index (χ1v) is 9.03. The molecular weight excluding hydrogens is 346 g/mol. The molecule has 1 aromatic rings. The third kappa shape index (κ3) is 6.65. The molecule has 2 amide bonds. The van der Waals surface area contributed by atoms with Gasteiger partial charge in [0.2, 0.25) is 6.35 Å². The zero-order chi connectivity index (χ0) is 19.6. The van der Waals surface area contributed by atoms with Gasteiger partial charge in [-0.15, -0.1) is 0 Å². The van der Waals surface area contributed by atoms with Crippen LogP contribution in [0.2, 0.25) is 0 Å². The number of amidine groups is 1. The SMILES string of the molecule is NCCCN(CCCN)Cc1ccc(N2C=CC(NC(N)=O)=NC2O)cc1. The van der Waals surface area contributed by atoms with E-state index < -0.39 is 12.4 Å². The van der Waals surface area contributed by atoms with Gasteiger partial charge < -0.3 is 27.2 Å². The Balaban J connectivity index is 1.99. The van der Waals surface area contributed by atoms with Gasteiger partial charge in [0.15, 0.2) is 0 Å². The molecule has 0 aliphatic carbocycles. The Labute approximate surface area is 159 Å². The van der Waals surface area contributed by atoms with Gasteiger partial charge in [-0.25, -0.2) is 9.79 Å². The van der Waals surface area contributed by atoms with Crippen molar-refractivity contribution < 1.29 is 9.90 Å². The molecule has 27 heavy (non-hydrogen) atoms. The van der Waals surface area contributed by atoms with Crippen LogP contribution in [0.4, 0.5) is 10.5 Å². The summed E-state index contributed by atoms with van der Waals surface area (Å²) >= 11 is 0. The topological polar surface area (TPSA) is 146 Å². The number of aliphatic imine (C=N–C) groups is 1. The summed E-state index contributed by atoms with van der Waals surface area (Å²) in [7, 11) is 0. The Kier molecular flexibility index (Phi) is 8.21. The lowest BCUT2D eigenvalue weighted by atomic mass is 10.1. The summed E-state index contributed by atoms with van der Waals surface area (Å²) in [6.45, 7) is 4.05. The molecule has 2 rings (SSSR count). The molecule has 9 heteroatoms. The van der Waals surface area contributed by atoms with E-state index in [0.717, 1.165) is 38.2 Å². The number of amides is 2. The first kappa shape index (κ1) is 20.8. The minimum atomic E-state index is -1.13. The molecule has 1 aliphatic heterocycles. The van der Waals surface area contributed by atoms with E-state index in [4.69, 9.17) is 17.2 Å². The van der Waals surface area contributed by atoms with Gasteiger partial charge in [-0.05, 0) is 62.8 Å². The summed E-state index contributed by atoms with van der Waals surface area (Å²) in [6, 6.07) is 7.17. The number of benzene rings is 1. The molecule has 1 atom stereocenters. The molecule has 8 N–H and O–H groups in total. The maximum atomic E-state index is 10.9. The molecular formula is C18H29N7O2. The highest BCUT2D eigenvalue weighted by Gasteiger charge is 2.18. The molecule has 0 spiro atoms. The van der Waals surface area contributed by atoms with Crippen LogP contribution in [0.15, 0.2) is 41.5 Å². The lowest BCUT2D eigenvalue weighted by Crippen LogP contribution is -2.40. The molecule has 0 aromatic heterocycles. The monoisotopic (exact) mass is 375 g/mol. The lowest BCUT2D eigenvalue weighted by Gasteiger charge is -2.27. The zero-order valence-electron chi connectivity index (χ0n) is 15.4. The molecule has 0 bridgehead atoms. The number of nitrogens with one attached hydrogen (secondary N) is 1. The Bertz CT molecular complexity index is 652. The van der Waals surface area contributed by atoms with Crippen molar-refractivity contribution >= 4 is 17.6 Å². The number of carbonyl (C=O) groups excluding carboxylic acids is 1. The van der Waals surface area contributed by atoms with E-state index in [1.165, 1.54) is 5.56 Å². The van der Waals surface area contributed by atoms with Crippen LogP contribution in [-0.4, -0.2) is 54.4 Å². The number of carbonyl (C=O) groups is 1. The third-order valence-electron chi connectivity index (χ3n) is 4.15. The summed E-state index contributed by atoms with van der Waals surface area (Å²) in [6.07, 6.45) is 3.99. The smallest absolute Gasteiger partial charge is 0.317 e. The van der Waals surface area contributed by atoms with Gasteiger partial charge in [0, 0.05) is 18.4 Å². The number of rotatable bonds is 9. The van der Waals surface area contributed by atoms with E-state index in [-0.39, 0.29) is 5.84 Å². The number of urea groups is 1. The predicted molar refractivity (Wildman–Crippen MR) is 107 cm³/mol. The normalized spacial score (nSPS) is 16.5. The number of anilines is 1. The Morgan fingerprint density at radius 1 is 1.19 bits per heavy atom. The van der Waals surface area contributed by atoms with Crippen LogP contribution in [-0.2, 0) is 6.54 Å². The molecule has 1 aliphatic rings. The summed E-state index contributed by atoms with van der Waals surface area (Å²) in [5, 5.41) is 12.5. The van der Waals surface area contributed by atoms with Crippen molar-refractivity contribution in [2.75, 3.05) is 31.1 Å². The number of primary amides is 1. The van der Waals surface area contributed by atoms with Crippen LogP contribution in [0.25, 0.3) is 0 Å². The number of hydrogen-bond donors (Lipinski definition) is 5. The fraction of sp³-hybridized carbons (Fsp3) is 0.444. The predicted octanol–water partition coefficient (Wildman–Crippen LogP) is -0.137. The van der Waals surface area contributed by atoms with Gasteiger partial charge in [0.1, 0.15) is 5.84 Å². The van der Waals surface area contributed by atoms with Crippen molar-refractivity contribution in [2.24, 2.45) is 22.2 Å². The minimum Gasteiger partial charge on any atom is -0.355 e. The zero-order valence-corrected chi connectivity index (χ0v) is 15.4. The first-order valence-electron chi connectivity index (χ1n) is 9.03. The van der Waals surface area contributed by atoms with Crippen LogP contribution in [0.5, 0.6) is 0 Å². The van der Waals surface area contributed by atoms with Crippen molar-refractivity contribution in [3.8, 4) is 0 Å². The average molecular weight is 375 g/mol. The summed E-state index contributed by atoms with van der Waals surface area (Å²) < 4.78 is 0. The Morgan fingerprint density at radius 2 is 1.81 bits per heavy atom. The van der Waals surface area contributed by atoms with Crippen molar-refractivity contribution in [1.82, 2.24) is 10.2 Å². The Morgan fingerprint density at radius 3 is 2.33 bits per heavy atom. The molecule has 9 nitrogen and oxygen atoms in total. The number of nitrogens with zero attached hydrogens (tertiary/aromatic N) is 3. The summed E-state index contributed by atoms with van der Waals surface area (Å²) in [5.41, 5.74) is 18.3. The second kappa shape index (κ2) is 10.6. The highest BCUT2D eigenvalue weighted by molar-refractivity contribution is 6.04. The number of hydrogen-bond acceptors (Lipinski definition) is 7.